The molecule has 21 heavy (non-hydrogen) atoms. The second kappa shape index (κ2) is 6.14. The summed E-state index contributed by atoms with van der Waals surface area (Å²) in [5, 5.41) is 0. The van der Waals surface area contributed by atoms with Crippen LogP contribution in [0, 0.1) is 11.7 Å². The highest BCUT2D eigenvalue weighted by Gasteiger charge is 2.36. The van der Waals surface area contributed by atoms with E-state index in [1.807, 2.05) is 31.7 Å². The Morgan fingerprint density at radius 3 is 2.52 bits per heavy atom. The predicted molar refractivity (Wildman–Crippen MR) is 82.4 cm³/mol. The second-order valence-corrected chi connectivity index (χ2v) is 6.62. The van der Waals surface area contributed by atoms with Gasteiger partial charge >= 0.3 is 0 Å². The quantitative estimate of drug-likeness (QED) is 0.931. The molecule has 0 spiro atoms. The lowest BCUT2D eigenvalue weighted by Gasteiger charge is -2.38. The van der Waals surface area contributed by atoms with Crippen molar-refractivity contribution in [2.45, 2.75) is 45.1 Å². The molecule has 1 aromatic carbocycles. The molecule has 1 aliphatic rings. The van der Waals surface area contributed by atoms with Crippen LogP contribution in [0.5, 0.6) is 0 Å². The van der Waals surface area contributed by atoms with E-state index in [2.05, 4.69) is 0 Å². The van der Waals surface area contributed by atoms with Crippen molar-refractivity contribution in [3.8, 4) is 0 Å². The van der Waals surface area contributed by atoms with Crippen molar-refractivity contribution in [3.63, 3.8) is 0 Å². The van der Waals surface area contributed by atoms with Gasteiger partial charge in [-0.2, -0.15) is 0 Å². The number of piperidine rings is 1. The Hall–Kier alpha value is -1.42. The lowest BCUT2D eigenvalue weighted by Crippen LogP contribution is -2.48. The smallest absolute Gasteiger partial charge is 0.232 e. The Balaban J connectivity index is 2.09. The van der Waals surface area contributed by atoms with Gasteiger partial charge in [-0.05, 0) is 57.2 Å². The fraction of sp³-hybridized carbons (Fsp3) is 0.588. The SMILES string of the molecule is CC(N)C1CCN(C(=O)C(C)(C)c2cccc(F)c2)CC1. The Bertz CT molecular complexity index is 505. The number of carbonyl (C=O) groups excluding carboxylic acids is 1. The first-order valence-electron chi connectivity index (χ1n) is 7.63. The average Bonchev–Trinajstić information content (AvgIpc) is 2.46. The number of amides is 1. The first kappa shape index (κ1) is 16.0. The minimum atomic E-state index is -0.705. The maximum atomic E-state index is 13.4. The number of hydrogen-bond acceptors (Lipinski definition) is 2. The molecule has 4 heteroatoms. The molecular weight excluding hydrogens is 267 g/mol. The first-order chi connectivity index (χ1) is 9.82. The molecule has 1 heterocycles. The Morgan fingerprint density at radius 1 is 1.38 bits per heavy atom. The molecule has 0 aromatic heterocycles. The van der Waals surface area contributed by atoms with Gasteiger partial charge in [0, 0.05) is 19.1 Å². The van der Waals surface area contributed by atoms with Crippen molar-refractivity contribution >= 4 is 5.91 Å². The number of hydrogen-bond donors (Lipinski definition) is 1. The van der Waals surface area contributed by atoms with Gasteiger partial charge in [0.2, 0.25) is 5.91 Å². The van der Waals surface area contributed by atoms with Gasteiger partial charge in [0.15, 0.2) is 0 Å². The Kier molecular flexibility index (Phi) is 4.67. The van der Waals surface area contributed by atoms with Crippen LogP contribution < -0.4 is 5.73 Å². The van der Waals surface area contributed by atoms with Crippen LogP contribution in [0.4, 0.5) is 4.39 Å². The molecule has 0 saturated carbocycles. The average molecular weight is 292 g/mol. The van der Waals surface area contributed by atoms with Gasteiger partial charge in [-0.15, -0.1) is 0 Å². The number of rotatable bonds is 3. The fourth-order valence-electron chi connectivity index (χ4n) is 3.02. The first-order valence-corrected chi connectivity index (χ1v) is 7.63. The van der Waals surface area contributed by atoms with E-state index >= 15 is 0 Å². The predicted octanol–water partition coefficient (Wildman–Crippen LogP) is 2.69. The number of benzene rings is 1. The van der Waals surface area contributed by atoms with Crippen molar-refractivity contribution in [1.82, 2.24) is 4.90 Å². The van der Waals surface area contributed by atoms with Gasteiger partial charge in [0.05, 0.1) is 5.41 Å². The molecule has 0 radical (unpaired) electrons. The molecule has 1 aliphatic heterocycles. The van der Waals surface area contributed by atoms with Crippen LogP contribution in [0.3, 0.4) is 0 Å². The fourth-order valence-corrected chi connectivity index (χ4v) is 3.02. The highest BCUT2D eigenvalue weighted by atomic mass is 19.1. The van der Waals surface area contributed by atoms with Crippen LogP contribution in [0.1, 0.15) is 39.2 Å². The molecule has 1 amide bonds. The summed E-state index contributed by atoms with van der Waals surface area (Å²) in [4.78, 5) is 14.7. The normalized spacial score (nSPS) is 18.6. The van der Waals surface area contributed by atoms with E-state index in [9.17, 15) is 9.18 Å². The van der Waals surface area contributed by atoms with E-state index in [1.165, 1.54) is 12.1 Å². The van der Waals surface area contributed by atoms with Crippen LogP contribution >= 0.6 is 0 Å². The van der Waals surface area contributed by atoms with Gasteiger partial charge in [-0.25, -0.2) is 4.39 Å². The van der Waals surface area contributed by atoms with Crippen LogP contribution in [-0.4, -0.2) is 29.9 Å². The zero-order chi connectivity index (χ0) is 15.6. The second-order valence-electron chi connectivity index (χ2n) is 6.62. The molecule has 2 rings (SSSR count). The van der Waals surface area contributed by atoms with Crippen molar-refractivity contribution < 1.29 is 9.18 Å². The minimum Gasteiger partial charge on any atom is -0.342 e. The molecule has 116 valence electrons. The zero-order valence-corrected chi connectivity index (χ0v) is 13.1. The number of nitrogens with two attached hydrogens (primary N) is 1. The molecule has 0 aliphatic carbocycles. The largest absolute Gasteiger partial charge is 0.342 e. The highest BCUT2D eigenvalue weighted by Crippen LogP contribution is 2.29. The molecule has 1 atom stereocenters. The summed E-state index contributed by atoms with van der Waals surface area (Å²) in [5.41, 5.74) is 5.96. The van der Waals surface area contributed by atoms with Gasteiger partial charge in [-0.1, -0.05) is 12.1 Å². The standard InChI is InChI=1S/C17H25FN2O/c1-12(19)13-7-9-20(10-8-13)16(21)17(2,3)14-5-4-6-15(18)11-14/h4-6,11-13H,7-10,19H2,1-3H3. The Labute approximate surface area is 126 Å². The maximum absolute atomic E-state index is 13.4. The van der Waals surface area contributed by atoms with E-state index in [1.54, 1.807) is 6.07 Å². The third-order valence-corrected chi connectivity index (χ3v) is 4.65. The van der Waals surface area contributed by atoms with E-state index in [-0.39, 0.29) is 17.8 Å². The van der Waals surface area contributed by atoms with Gasteiger partial charge in [0.1, 0.15) is 5.82 Å². The maximum Gasteiger partial charge on any atom is 0.232 e. The van der Waals surface area contributed by atoms with E-state index in [4.69, 9.17) is 5.73 Å². The van der Waals surface area contributed by atoms with E-state index < -0.39 is 5.41 Å². The third kappa shape index (κ3) is 3.43. The molecule has 1 fully saturated rings. The van der Waals surface area contributed by atoms with Crippen molar-refractivity contribution in [2.75, 3.05) is 13.1 Å². The molecule has 3 nitrogen and oxygen atoms in total. The minimum absolute atomic E-state index is 0.0659. The number of nitrogens with zero attached hydrogens (tertiary/aromatic N) is 1. The zero-order valence-electron chi connectivity index (χ0n) is 13.1. The van der Waals surface area contributed by atoms with Crippen LogP contribution in [0.2, 0.25) is 0 Å². The summed E-state index contributed by atoms with van der Waals surface area (Å²) in [6.07, 6.45) is 1.89. The molecule has 1 aromatic rings. The summed E-state index contributed by atoms with van der Waals surface area (Å²) in [6, 6.07) is 6.50. The molecule has 1 unspecified atom stereocenters. The lowest BCUT2D eigenvalue weighted by atomic mass is 9.82. The van der Waals surface area contributed by atoms with Gasteiger partial charge in [-0.3, -0.25) is 4.79 Å². The Morgan fingerprint density at radius 2 is 2.00 bits per heavy atom. The topological polar surface area (TPSA) is 46.3 Å². The molecular formula is C17H25FN2O. The monoisotopic (exact) mass is 292 g/mol. The molecule has 2 N–H and O–H groups in total. The van der Waals surface area contributed by atoms with Crippen molar-refractivity contribution in [2.24, 2.45) is 11.7 Å². The summed E-state index contributed by atoms with van der Waals surface area (Å²) < 4.78 is 13.4. The van der Waals surface area contributed by atoms with Gasteiger partial charge in [0.25, 0.3) is 0 Å². The summed E-state index contributed by atoms with van der Waals surface area (Å²) in [5.74, 6) is 0.256. The summed E-state index contributed by atoms with van der Waals surface area (Å²) in [7, 11) is 0. The van der Waals surface area contributed by atoms with E-state index in [0.717, 1.165) is 31.5 Å². The molecule has 1 saturated heterocycles. The lowest BCUT2D eigenvalue weighted by molar-refractivity contribution is -0.137. The summed E-state index contributed by atoms with van der Waals surface area (Å²) >= 11 is 0. The van der Waals surface area contributed by atoms with Crippen molar-refractivity contribution in [1.29, 1.82) is 0 Å². The van der Waals surface area contributed by atoms with Gasteiger partial charge < -0.3 is 10.6 Å². The molecule has 0 bridgehead atoms. The number of halogens is 1. The van der Waals surface area contributed by atoms with Crippen molar-refractivity contribution in [3.05, 3.63) is 35.6 Å². The van der Waals surface area contributed by atoms with E-state index in [0.29, 0.717) is 5.92 Å². The number of carbonyl (C=O) groups is 1. The summed E-state index contributed by atoms with van der Waals surface area (Å²) in [6.45, 7) is 7.23. The van der Waals surface area contributed by atoms with Crippen LogP contribution in [0.25, 0.3) is 0 Å². The number of likely N-dealkylation sites (tertiary alicyclic amines) is 1. The van der Waals surface area contributed by atoms with Crippen LogP contribution in [0.15, 0.2) is 24.3 Å². The van der Waals surface area contributed by atoms with Crippen LogP contribution in [-0.2, 0) is 10.2 Å². The highest BCUT2D eigenvalue weighted by molar-refractivity contribution is 5.87. The third-order valence-electron chi connectivity index (χ3n) is 4.65.